The molecule has 3 heterocycles. The molecule has 1 fully saturated rings. The molecule has 5 nitrogen and oxygen atoms in total. The number of halogens is 1. The molecule has 1 aromatic carbocycles. The van der Waals surface area contributed by atoms with Crippen LogP contribution in [0.25, 0.3) is 16.9 Å². The normalized spacial score (nSPS) is 17.2. The maximum Gasteiger partial charge on any atom is 0.158 e. The highest BCUT2D eigenvalue weighted by molar-refractivity contribution is 5.67. The van der Waals surface area contributed by atoms with Gasteiger partial charge in [-0.1, -0.05) is 0 Å². The summed E-state index contributed by atoms with van der Waals surface area (Å²) in [5.41, 5.74) is 5.20. The fourth-order valence-electron chi connectivity index (χ4n) is 3.93. The van der Waals surface area contributed by atoms with Gasteiger partial charge >= 0.3 is 0 Å². The smallest absolute Gasteiger partial charge is 0.158 e. The fraction of sp³-hybridized carbons (Fsp3) is 0.368. The lowest BCUT2D eigenvalue weighted by Crippen LogP contribution is -2.44. The first-order chi connectivity index (χ1) is 12.3. The maximum atomic E-state index is 13.2. The van der Waals surface area contributed by atoms with Gasteiger partial charge in [0.05, 0.1) is 5.69 Å². The van der Waals surface area contributed by atoms with E-state index in [1.807, 2.05) is 10.6 Å². The van der Waals surface area contributed by atoms with Crippen molar-refractivity contribution < 1.29 is 4.39 Å². The Bertz CT molecular complexity index is 925. The van der Waals surface area contributed by atoms with E-state index in [9.17, 15) is 4.39 Å². The number of nitrogens with one attached hydrogen (secondary N) is 1. The fourth-order valence-corrected chi connectivity index (χ4v) is 3.93. The van der Waals surface area contributed by atoms with Gasteiger partial charge in [0.15, 0.2) is 5.65 Å². The summed E-state index contributed by atoms with van der Waals surface area (Å²) in [6, 6.07) is 8.51. The molecule has 0 bridgehead atoms. The second kappa shape index (κ2) is 5.81. The third kappa shape index (κ3) is 2.48. The Morgan fingerprint density at radius 3 is 2.64 bits per heavy atom. The number of fused-ring (bicyclic) bond motifs is 2. The Balaban J connectivity index is 1.69. The van der Waals surface area contributed by atoms with Crippen molar-refractivity contribution in [1.82, 2.24) is 19.9 Å². The summed E-state index contributed by atoms with van der Waals surface area (Å²) in [7, 11) is 0. The summed E-state index contributed by atoms with van der Waals surface area (Å²) in [5, 5.41) is 8.25. The number of rotatable bonds is 2. The zero-order valence-corrected chi connectivity index (χ0v) is 14.0. The Morgan fingerprint density at radius 2 is 1.84 bits per heavy atom. The molecule has 128 valence electrons. The molecule has 0 atom stereocenters. The Hall–Kier alpha value is -2.47. The van der Waals surface area contributed by atoms with E-state index in [1.54, 1.807) is 12.1 Å². The second-order valence-electron chi connectivity index (χ2n) is 6.76. The first-order valence-corrected chi connectivity index (χ1v) is 8.93. The highest BCUT2D eigenvalue weighted by atomic mass is 19.1. The highest BCUT2D eigenvalue weighted by Gasteiger charge is 2.25. The van der Waals surface area contributed by atoms with Gasteiger partial charge in [0, 0.05) is 49.1 Å². The van der Waals surface area contributed by atoms with Crippen LogP contribution < -0.4 is 10.2 Å². The van der Waals surface area contributed by atoms with Gasteiger partial charge in [-0.25, -0.2) is 9.37 Å². The van der Waals surface area contributed by atoms with Gasteiger partial charge in [0.25, 0.3) is 0 Å². The summed E-state index contributed by atoms with van der Waals surface area (Å²) in [6.07, 6.45) is 3.28. The van der Waals surface area contributed by atoms with Gasteiger partial charge in [-0.15, -0.1) is 0 Å². The molecular weight excluding hydrogens is 317 g/mol. The van der Waals surface area contributed by atoms with Crippen LogP contribution in [0, 0.1) is 5.82 Å². The van der Waals surface area contributed by atoms with Crippen molar-refractivity contribution in [3.63, 3.8) is 0 Å². The van der Waals surface area contributed by atoms with Gasteiger partial charge in [-0.3, -0.25) is 0 Å². The molecule has 2 aromatic heterocycles. The Morgan fingerprint density at radius 1 is 1.04 bits per heavy atom. The lowest BCUT2D eigenvalue weighted by Gasteiger charge is -2.31. The molecule has 0 spiro atoms. The third-order valence-corrected chi connectivity index (χ3v) is 5.16. The minimum Gasteiger partial charge on any atom is -0.354 e. The molecule has 0 radical (unpaired) electrons. The maximum absolute atomic E-state index is 13.2. The van der Waals surface area contributed by atoms with E-state index in [-0.39, 0.29) is 5.82 Å². The number of piperazine rings is 1. The number of hydrogen-bond acceptors (Lipinski definition) is 4. The number of benzene rings is 1. The molecule has 2 aliphatic rings. The standard InChI is InChI=1S/C19H20FN5/c20-14-6-4-13(5-7-14)17-12-18-22-16-3-1-2-15(16)19(25(18)23-17)24-10-8-21-9-11-24/h4-7,12,21H,1-3,8-11H2. The number of aryl methyl sites for hydroxylation is 1. The average molecular weight is 337 g/mol. The number of nitrogens with zero attached hydrogens (tertiary/aromatic N) is 4. The van der Waals surface area contributed by atoms with Gasteiger partial charge in [-0.05, 0) is 43.5 Å². The van der Waals surface area contributed by atoms with E-state index in [2.05, 4.69) is 10.2 Å². The first kappa shape index (κ1) is 14.8. The van der Waals surface area contributed by atoms with Gasteiger partial charge in [0.2, 0.25) is 0 Å². The van der Waals surface area contributed by atoms with Crippen molar-refractivity contribution in [3.05, 3.63) is 47.4 Å². The Labute approximate surface area is 145 Å². The highest BCUT2D eigenvalue weighted by Crippen LogP contribution is 2.32. The molecule has 0 saturated carbocycles. The molecular formula is C19H20FN5. The SMILES string of the molecule is Fc1ccc(-c2cc3nc4c(c(N5CCNCC5)n3n2)CCC4)cc1. The molecule has 25 heavy (non-hydrogen) atoms. The van der Waals surface area contributed by atoms with Crippen LogP contribution in [0.1, 0.15) is 17.7 Å². The van der Waals surface area contributed by atoms with Gasteiger partial charge in [0.1, 0.15) is 11.6 Å². The zero-order valence-electron chi connectivity index (χ0n) is 14.0. The van der Waals surface area contributed by atoms with E-state index in [0.717, 1.165) is 55.9 Å². The van der Waals surface area contributed by atoms with Crippen molar-refractivity contribution in [2.24, 2.45) is 0 Å². The topological polar surface area (TPSA) is 45.5 Å². The first-order valence-electron chi connectivity index (χ1n) is 8.93. The van der Waals surface area contributed by atoms with E-state index in [0.29, 0.717) is 0 Å². The number of hydrogen-bond donors (Lipinski definition) is 1. The monoisotopic (exact) mass is 337 g/mol. The summed E-state index contributed by atoms with van der Waals surface area (Å²) in [4.78, 5) is 7.29. The van der Waals surface area contributed by atoms with Crippen LogP contribution in [0.2, 0.25) is 0 Å². The van der Waals surface area contributed by atoms with Crippen LogP contribution in [-0.2, 0) is 12.8 Å². The van der Waals surface area contributed by atoms with Gasteiger partial charge in [-0.2, -0.15) is 9.61 Å². The molecule has 1 saturated heterocycles. The molecule has 0 amide bonds. The van der Waals surface area contributed by atoms with Crippen molar-refractivity contribution in [2.75, 3.05) is 31.1 Å². The molecule has 5 rings (SSSR count). The molecule has 1 aliphatic carbocycles. The van der Waals surface area contributed by atoms with Crippen LogP contribution in [0.15, 0.2) is 30.3 Å². The quantitative estimate of drug-likeness (QED) is 0.780. The Kier molecular flexibility index (Phi) is 3.45. The number of anilines is 1. The molecule has 1 N–H and O–H groups in total. The minimum atomic E-state index is -0.230. The van der Waals surface area contributed by atoms with Crippen LogP contribution in [0.4, 0.5) is 10.2 Å². The van der Waals surface area contributed by atoms with E-state index in [1.165, 1.54) is 35.6 Å². The van der Waals surface area contributed by atoms with Crippen LogP contribution in [0.5, 0.6) is 0 Å². The van der Waals surface area contributed by atoms with Crippen molar-refractivity contribution in [1.29, 1.82) is 0 Å². The lowest BCUT2D eigenvalue weighted by molar-refractivity contribution is 0.578. The van der Waals surface area contributed by atoms with Crippen molar-refractivity contribution in [2.45, 2.75) is 19.3 Å². The summed E-state index contributed by atoms with van der Waals surface area (Å²) in [5.74, 6) is 0.971. The largest absolute Gasteiger partial charge is 0.354 e. The molecule has 0 unspecified atom stereocenters. The van der Waals surface area contributed by atoms with E-state index < -0.39 is 0 Å². The second-order valence-corrected chi connectivity index (χ2v) is 6.76. The van der Waals surface area contributed by atoms with E-state index in [4.69, 9.17) is 10.1 Å². The number of aromatic nitrogens is 3. The predicted molar refractivity (Wildman–Crippen MR) is 95.5 cm³/mol. The summed E-state index contributed by atoms with van der Waals surface area (Å²) in [6.45, 7) is 3.95. The third-order valence-electron chi connectivity index (χ3n) is 5.16. The zero-order chi connectivity index (χ0) is 16.8. The predicted octanol–water partition coefficient (Wildman–Crippen LogP) is 2.43. The summed E-state index contributed by atoms with van der Waals surface area (Å²) < 4.78 is 15.2. The lowest BCUT2D eigenvalue weighted by atomic mass is 10.1. The van der Waals surface area contributed by atoms with Crippen molar-refractivity contribution in [3.8, 4) is 11.3 Å². The van der Waals surface area contributed by atoms with E-state index >= 15 is 0 Å². The van der Waals surface area contributed by atoms with Crippen LogP contribution in [-0.4, -0.2) is 40.8 Å². The van der Waals surface area contributed by atoms with Crippen LogP contribution >= 0.6 is 0 Å². The average Bonchev–Trinajstić information content (AvgIpc) is 3.27. The molecule has 3 aromatic rings. The van der Waals surface area contributed by atoms with Gasteiger partial charge < -0.3 is 10.2 Å². The molecule has 6 heteroatoms. The molecule has 1 aliphatic heterocycles. The summed E-state index contributed by atoms with van der Waals surface area (Å²) >= 11 is 0. The minimum absolute atomic E-state index is 0.230. The van der Waals surface area contributed by atoms with Crippen molar-refractivity contribution >= 4 is 11.5 Å². The van der Waals surface area contributed by atoms with Crippen LogP contribution in [0.3, 0.4) is 0 Å².